The number of rotatable bonds is 6. The van der Waals surface area contributed by atoms with Gasteiger partial charge in [0.05, 0.1) is 28.7 Å². The third-order valence-electron chi connectivity index (χ3n) is 7.56. The smallest absolute Gasteiger partial charge is 0.339 e. The van der Waals surface area contributed by atoms with Crippen molar-refractivity contribution >= 4 is 16.7 Å². The minimum Gasteiger partial charge on any atom is -0.478 e. The molecule has 1 aliphatic heterocycles. The normalized spacial score (nSPS) is 23.4. The number of aromatic carboxylic acids is 1. The largest absolute Gasteiger partial charge is 0.478 e. The maximum atomic E-state index is 12.1. The Balaban J connectivity index is 1.32. The van der Waals surface area contributed by atoms with Crippen LogP contribution in [0.4, 0.5) is 0 Å². The van der Waals surface area contributed by atoms with Crippen molar-refractivity contribution in [1.82, 2.24) is 23.9 Å². The summed E-state index contributed by atoms with van der Waals surface area (Å²) < 4.78 is 27.9. The molecule has 0 amide bonds. The first-order valence-electron chi connectivity index (χ1n) is 12.7. The topological polar surface area (TPSA) is 117 Å². The molecule has 0 radical (unpaired) electrons. The Labute approximate surface area is 222 Å². The number of aryl methyl sites for hydroxylation is 1. The second-order valence-electron chi connectivity index (χ2n) is 10.5. The Hall–Kier alpha value is -3.44. The highest BCUT2D eigenvalue weighted by atomic mass is 32.3. The average molecular weight is 534 g/mol. The van der Waals surface area contributed by atoms with Gasteiger partial charge < -0.3 is 5.11 Å². The van der Waals surface area contributed by atoms with Crippen LogP contribution < -0.4 is 0 Å². The SMILES string of the molecule is CC1Cc2ccccc2S(O)(O)N(Cc2cccc(-n3ncc(C(=O)O)c3C3CC3c3cnn(C)c3)c2)C1. The molecule has 2 aliphatic rings. The summed E-state index contributed by atoms with van der Waals surface area (Å²) in [7, 11) is -1.28. The molecule has 3 heterocycles. The van der Waals surface area contributed by atoms with Crippen LogP contribution in [0, 0.1) is 5.92 Å². The first-order chi connectivity index (χ1) is 18.2. The van der Waals surface area contributed by atoms with E-state index in [0.717, 1.165) is 35.2 Å². The molecule has 6 rings (SSSR count). The van der Waals surface area contributed by atoms with E-state index in [-0.39, 0.29) is 23.3 Å². The third kappa shape index (κ3) is 4.43. The van der Waals surface area contributed by atoms with E-state index in [9.17, 15) is 19.0 Å². The van der Waals surface area contributed by atoms with Crippen LogP contribution in [0.2, 0.25) is 0 Å². The summed E-state index contributed by atoms with van der Waals surface area (Å²) in [6.45, 7) is 3.02. The minimum absolute atomic E-state index is 0.0337. The summed E-state index contributed by atoms with van der Waals surface area (Å²) in [5.74, 6) is -0.507. The first-order valence-corrected chi connectivity index (χ1v) is 14.2. The molecule has 0 bridgehead atoms. The maximum Gasteiger partial charge on any atom is 0.339 e. The molecule has 1 fully saturated rings. The van der Waals surface area contributed by atoms with Gasteiger partial charge in [0.15, 0.2) is 0 Å². The second-order valence-corrected chi connectivity index (χ2v) is 12.5. The zero-order valence-electron chi connectivity index (χ0n) is 21.3. The zero-order chi connectivity index (χ0) is 26.6. The molecule has 1 saturated carbocycles. The number of hydrogen-bond acceptors (Lipinski definition) is 6. The van der Waals surface area contributed by atoms with Gasteiger partial charge in [-0.25, -0.2) is 9.48 Å². The zero-order valence-corrected chi connectivity index (χ0v) is 22.1. The molecular formula is C28H31N5O4S. The third-order valence-corrected chi connectivity index (χ3v) is 9.54. The fraction of sp³-hybridized carbons (Fsp3) is 0.321. The van der Waals surface area contributed by atoms with Gasteiger partial charge in [-0.2, -0.15) is 14.5 Å². The summed E-state index contributed by atoms with van der Waals surface area (Å²) in [6, 6.07) is 15.3. The maximum absolute atomic E-state index is 12.1. The number of benzene rings is 2. The first kappa shape index (κ1) is 24.9. The fourth-order valence-electron chi connectivity index (χ4n) is 5.70. The summed E-state index contributed by atoms with van der Waals surface area (Å²) in [6.07, 6.45) is 6.86. The lowest BCUT2D eigenvalue weighted by atomic mass is 10.0. The number of hydrogen-bond donors (Lipinski definition) is 3. The molecule has 9 nitrogen and oxygen atoms in total. The molecule has 10 heteroatoms. The van der Waals surface area contributed by atoms with E-state index in [0.29, 0.717) is 23.7 Å². The predicted molar refractivity (Wildman–Crippen MR) is 145 cm³/mol. The van der Waals surface area contributed by atoms with Gasteiger partial charge in [-0.3, -0.25) is 13.8 Å². The van der Waals surface area contributed by atoms with Gasteiger partial charge in [-0.1, -0.05) is 37.3 Å². The minimum atomic E-state index is -3.16. The van der Waals surface area contributed by atoms with Gasteiger partial charge in [0.1, 0.15) is 5.56 Å². The number of aromatic nitrogens is 4. The standard InChI is InChI=1S/C28H31N5O4S/c1-18-10-20-7-3-4-9-26(20)38(36,37)32(15-18)16-19-6-5-8-22(11-19)33-27(25(14-30-33)28(34)35)24-12-23(24)21-13-29-31(2)17-21/h3-9,11,13-14,17-18,23-24,36-37H,10,12,15-16H2,1-2H3,(H,34,35). The van der Waals surface area contributed by atoms with Gasteiger partial charge in [-0.05, 0) is 59.6 Å². The Kier molecular flexibility index (Phi) is 6.14. The van der Waals surface area contributed by atoms with E-state index in [4.69, 9.17) is 0 Å². The van der Waals surface area contributed by atoms with Crippen molar-refractivity contribution < 1.29 is 19.0 Å². The molecule has 38 heavy (non-hydrogen) atoms. The Morgan fingerprint density at radius 1 is 1.08 bits per heavy atom. The summed E-state index contributed by atoms with van der Waals surface area (Å²) >= 11 is 0. The molecular weight excluding hydrogens is 502 g/mol. The van der Waals surface area contributed by atoms with Crippen molar-refractivity contribution in [1.29, 1.82) is 0 Å². The Morgan fingerprint density at radius 2 is 1.89 bits per heavy atom. The molecule has 2 aromatic heterocycles. The molecule has 3 N–H and O–H groups in total. The average Bonchev–Trinajstić information content (AvgIpc) is 3.35. The van der Waals surface area contributed by atoms with Crippen LogP contribution in [-0.4, -0.2) is 50.6 Å². The molecule has 0 saturated heterocycles. The van der Waals surface area contributed by atoms with E-state index in [1.807, 2.05) is 68.0 Å². The fourth-order valence-corrected chi connectivity index (χ4v) is 7.53. The van der Waals surface area contributed by atoms with Crippen LogP contribution >= 0.6 is 10.8 Å². The molecule has 0 spiro atoms. The van der Waals surface area contributed by atoms with Gasteiger partial charge in [0.25, 0.3) is 0 Å². The summed E-state index contributed by atoms with van der Waals surface area (Å²) in [5.41, 5.74) is 4.61. The molecule has 4 aromatic rings. The van der Waals surface area contributed by atoms with Crippen LogP contribution in [0.5, 0.6) is 0 Å². The van der Waals surface area contributed by atoms with Crippen LogP contribution in [0.1, 0.15) is 57.9 Å². The van der Waals surface area contributed by atoms with Crippen LogP contribution in [-0.2, 0) is 20.0 Å². The molecule has 2 aromatic carbocycles. The van der Waals surface area contributed by atoms with Crippen LogP contribution in [0.3, 0.4) is 0 Å². The van der Waals surface area contributed by atoms with E-state index in [1.54, 1.807) is 13.7 Å². The molecule has 3 unspecified atom stereocenters. The van der Waals surface area contributed by atoms with Gasteiger partial charge in [0, 0.05) is 32.3 Å². The number of carboxylic acid groups (broad SMARTS) is 1. The van der Waals surface area contributed by atoms with Crippen molar-refractivity contribution in [3.05, 3.63) is 95.1 Å². The van der Waals surface area contributed by atoms with Gasteiger partial charge >= 0.3 is 5.97 Å². The summed E-state index contributed by atoms with van der Waals surface area (Å²) in [5, 5.41) is 18.6. The van der Waals surface area contributed by atoms with E-state index >= 15 is 0 Å². The number of carboxylic acids is 1. The number of nitrogens with zero attached hydrogens (tertiary/aromatic N) is 5. The lowest BCUT2D eigenvalue weighted by molar-refractivity contribution is 0.0695. The Morgan fingerprint density at radius 3 is 2.66 bits per heavy atom. The van der Waals surface area contributed by atoms with Crippen molar-refractivity contribution in [2.24, 2.45) is 13.0 Å². The van der Waals surface area contributed by atoms with Crippen LogP contribution in [0.25, 0.3) is 5.69 Å². The van der Waals surface area contributed by atoms with E-state index in [2.05, 4.69) is 17.1 Å². The van der Waals surface area contributed by atoms with Crippen molar-refractivity contribution in [2.45, 2.75) is 43.0 Å². The van der Waals surface area contributed by atoms with Gasteiger partial charge in [-0.15, -0.1) is 10.8 Å². The molecule has 198 valence electrons. The highest BCUT2D eigenvalue weighted by Gasteiger charge is 2.45. The van der Waals surface area contributed by atoms with Gasteiger partial charge in [0.2, 0.25) is 0 Å². The lowest BCUT2D eigenvalue weighted by Crippen LogP contribution is -2.30. The number of carbonyl (C=O) groups is 1. The van der Waals surface area contributed by atoms with Crippen molar-refractivity contribution in [3.8, 4) is 5.69 Å². The Bertz CT molecular complexity index is 1510. The van der Waals surface area contributed by atoms with E-state index in [1.165, 1.54) is 6.20 Å². The van der Waals surface area contributed by atoms with E-state index < -0.39 is 16.7 Å². The van der Waals surface area contributed by atoms with Crippen molar-refractivity contribution in [2.75, 3.05) is 6.54 Å². The highest BCUT2D eigenvalue weighted by molar-refractivity contribution is 8.22. The lowest BCUT2D eigenvalue weighted by Gasteiger charge is -2.43. The predicted octanol–water partition coefficient (Wildman–Crippen LogP) is 5.29. The monoisotopic (exact) mass is 533 g/mol. The van der Waals surface area contributed by atoms with Crippen LogP contribution in [0.15, 0.2) is 72.0 Å². The molecule has 1 aliphatic carbocycles. The highest BCUT2D eigenvalue weighted by Crippen LogP contribution is 2.57. The number of fused-ring (bicyclic) bond motifs is 1. The quantitative estimate of drug-likeness (QED) is 0.308. The summed E-state index contributed by atoms with van der Waals surface area (Å²) in [4.78, 5) is 12.7. The second kappa shape index (κ2) is 9.39. The van der Waals surface area contributed by atoms with Crippen molar-refractivity contribution in [3.63, 3.8) is 0 Å². The molecule has 3 atom stereocenters.